The Kier molecular flexibility index (Phi) is 7.36. The van der Waals surface area contributed by atoms with Crippen LogP contribution in [0.5, 0.6) is 5.75 Å². The number of benzene rings is 2. The molecule has 0 saturated heterocycles. The summed E-state index contributed by atoms with van der Waals surface area (Å²) in [6.45, 7) is -1.12. The lowest BCUT2D eigenvalue weighted by Crippen LogP contribution is -2.23. The quantitative estimate of drug-likeness (QED) is 0.310. The summed E-state index contributed by atoms with van der Waals surface area (Å²) in [5.41, 5.74) is 1.40. The van der Waals surface area contributed by atoms with Gasteiger partial charge in [-0.3, -0.25) is 9.36 Å². The van der Waals surface area contributed by atoms with Crippen molar-refractivity contribution in [2.75, 3.05) is 5.32 Å². The van der Waals surface area contributed by atoms with Crippen molar-refractivity contribution in [3.8, 4) is 11.4 Å². The van der Waals surface area contributed by atoms with Gasteiger partial charge in [-0.25, -0.2) is 0 Å². The monoisotopic (exact) mass is 486 g/mol. The first-order valence-electron chi connectivity index (χ1n) is 10.0. The molecule has 0 aliphatic carbocycles. The van der Waals surface area contributed by atoms with Gasteiger partial charge in [0.1, 0.15) is 11.6 Å². The van der Waals surface area contributed by atoms with Gasteiger partial charge in [0.05, 0.1) is 5.25 Å². The molecule has 1 N–H and O–H groups in total. The minimum Gasteiger partial charge on any atom is -0.435 e. The summed E-state index contributed by atoms with van der Waals surface area (Å²) in [7, 11) is 0. The van der Waals surface area contributed by atoms with Gasteiger partial charge in [0.15, 0.2) is 5.16 Å². The van der Waals surface area contributed by atoms with Crippen LogP contribution < -0.4 is 10.1 Å². The number of aromatic nitrogens is 3. The normalized spacial score (nSPS) is 12.0. The van der Waals surface area contributed by atoms with Crippen molar-refractivity contribution in [2.24, 2.45) is 0 Å². The highest BCUT2D eigenvalue weighted by molar-refractivity contribution is 8.00. The maximum Gasteiger partial charge on any atom is 0.387 e. The second kappa shape index (κ2) is 10.6. The van der Waals surface area contributed by atoms with Crippen molar-refractivity contribution < 1.29 is 18.3 Å². The van der Waals surface area contributed by atoms with Crippen molar-refractivity contribution in [2.45, 2.75) is 30.4 Å². The van der Waals surface area contributed by atoms with Crippen LogP contribution in [-0.2, 0) is 11.2 Å². The highest BCUT2D eigenvalue weighted by Crippen LogP contribution is 2.28. The Morgan fingerprint density at radius 2 is 1.85 bits per heavy atom. The average molecular weight is 487 g/mol. The Morgan fingerprint density at radius 3 is 2.52 bits per heavy atom. The molecule has 2 aromatic heterocycles. The lowest BCUT2D eigenvalue weighted by Gasteiger charge is -2.14. The highest BCUT2D eigenvalue weighted by Gasteiger charge is 2.21. The predicted octanol–water partition coefficient (Wildman–Crippen LogP) is 5.64. The number of nitrogens with one attached hydrogen (secondary N) is 1. The topological polar surface area (TPSA) is 69.0 Å². The van der Waals surface area contributed by atoms with Gasteiger partial charge in [0.2, 0.25) is 5.91 Å². The molecule has 6 nitrogen and oxygen atoms in total. The van der Waals surface area contributed by atoms with Crippen molar-refractivity contribution in [3.63, 3.8) is 0 Å². The summed E-state index contributed by atoms with van der Waals surface area (Å²) in [4.78, 5) is 13.9. The SMILES string of the molecule is CC(Sc1nnc(Cc2cccs2)n1-c1ccccc1)C(=O)Nc1ccc(OC(F)F)cc1. The van der Waals surface area contributed by atoms with E-state index < -0.39 is 11.9 Å². The number of alkyl halides is 2. The van der Waals surface area contributed by atoms with Gasteiger partial charge >= 0.3 is 6.61 Å². The number of thioether (sulfide) groups is 1. The van der Waals surface area contributed by atoms with Crippen molar-refractivity contribution in [1.82, 2.24) is 14.8 Å². The molecule has 2 heterocycles. The van der Waals surface area contributed by atoms with Crippen molar-refractivity contribution in [1.29, 1.82) is 0 Å². The van der Waals surface area contributed by atoms with Gasteiger partial charge in [-0.2, -0.15) is 8.78 Å². The Balaban J connectivity index is 1.49. The van der Waals surface area contributed by atoms with Crippen LogP contribution in [0.4, 0.5) is 14.5 Å². The third kappa shape index (κ3) is 5.96. The van der Waals surface area contributed by atoms with Crippen LogP contribution in [0, 0.1) is 0 Å². The van der Waals surface area contributed by atoms with E-state index in [9.17, 15) is 13.6 Å². The van der Waals surface area contributed by atoms with Crippen LogP contribution in [0.25, 0.3) is 5.69 Å². The molecule has 4 rings (SSSR count). The fourth-order valence-electron chi connectivity index (χ4n) is 3.07. The molecule has 0 spiro atoms. The minimum absolute atomic E-state index is 0.0275. The first-order chi connectivity index (χ1) is 16.0. The van der Waals surface area contributed by atoms with Crippen LogP contribution in [0.2, 0.25) is 0 Å². The molecule has 1 unspecified atom stereocenters. The van der Waals surface area contributed by atoms with Gasteiger partial charge in [-0.15, -0.1) is 21.5 Å². The zero-order valence-electron chi connectivity index (χ0n) is 17.5. The number of halogens is 2. The number of thiophene rings is 1. The Hall–Kier alpha value is -3.24. The number of amides is 1. The van der Waals surface area contributed by atoms with Gasteiger partial charge < -0.3 is 10.1 Å². The molecule has 0 saturated carbocycles. The largest absolute Gasteiger partial charge is 0.435 e. The van der Waals surface area contributed by atoms with E-state index in [2.05, 4.69) is 26.3 Å². The maximum atomic E-state index is 12.8. The third-order valence-corrected chi connectivity index (χ3v) is 6.54. The summed E-state index contributed by atoms with van der Waals surface area (Å²) in [5.74, 6) is 0.568. The summed E-state index contributed by atoms with van der Waals surface area (Å²) in [6, 6.07) is 19.6. The Bertz CT molecular complexity index is 1180. The number of ether oxygens (including phenoxy) is 1. The van der Waals surface area contributed by atoms with Gasteiger partial charge in [-0.1, -0.05) is 36.0 Å². The number of nitrogens with zero attached hydrogens (tertiary/aromatic N) is 3. The van der Waals surface area contributed by atoms with Crippen LogP contribution in [0.3, 0.4) is 0 Å². The lowest BCUT2D eigenvalue weighted by molar-refractivity contribution is -0.115. The molecule has 10 heteroatoms. The molecule has 2 aromatic carbocycles. The zero-order chi connectivity index (χ0) is 23.2. The zero-order valence-corrected chi connectivity index (χ0v) is 19.2. The molecular formula is C23H20F2N4O2S2. The van der Waals surface area contributed by atoms with E-state index in [0.717, 1.165) is 11.5 Å². The molecule has 4 aromatic rings. The summed E-state index contributed by atoms with van der Waals surface area (Å²) in [5, 5.41) is 13.7. The predicted molar refractivity (Wildman–Crippen MR) is 126 cm³/mol. The maximum absolute atomic E-state index is 12.8. The lowest BCUT2D eigenvalue weighted by atomic mass is 10.3. The van der Waals surface area contributed by atoms with Gasteiger partial charge in [0.25, 0.3) is 0 Å². The summed E-state index contributed by atoms with van der Waals surface area (Å²) in [6.07, 6.45) is 0.633. The number of carbonyl (C=O) groups is 1. The van der Waals surface area contributed by atoms with Crippen LogP contribution >= 0.6 is 23.1 Å². The second-order valence-electron chi connectivity index (χ2n) is 6.98. The number of hydrogen-bond acceptors (Lipinski definition) is 6. The molecule has 33 heavy (non-hydrogen) atoms. The van der Waals surface area contributed by atoms with E-state index in [4.69, 9.17) is 0 Å². The van der Waals surface area contributed by atoms with Crippen molar-refractivity contribution >= 4 is 34.7 Å². The number of carbonyl (C=O) groups excluding carboxylic acids is 1. The van der Waals surface area contributed by atoms with Crippen LogP contribution in [0.15, 0.2) is 77.3 Å². The first kappa shape index (κ1) is 22.9. The fourth-order valence-corrected chi connectivity index (χ4v) is 4.66. The number of rotatable bonds is 9. The van der Waals surface area contributed by atoms with E-state index in [0.29, 0.717) is 17.3 Å². The van der Waals surface area contributed by atoms with Crippen LogP contribution in [0.1, 0.15) is 17.6 Å². The molecule has 0 radical (unpaired) electrons. The van der Waals surface area contributed by atoms with Gasteiger partial charge in [-0.05, 0) is 54.8 Å². The minimum atomic E-state index is -2.89. The standard InChI is InChI=1S/C23H20F2N4O2S2/c1-15(21(30)26-16-9-11-18(12-10-16)31-22(24)25)33-23-28-27-20(14-19-8-5-13-32-19)29(23)17-6-3-2-4-7-17/h2-13,15,22H,14H2,1H3,(H,26,30). The van der Waals surface area contributed by atoms with E-state index in [1.807, 2.05) is 46.3 Å². The van der Waals surface area contributed by atoms with E-state index in [1.54, 1.807) is 18.3 Å². The molecule has 0 bridgehead atoms. The molecule has 0 aliphatic heterocycles. The molecule has 1 amide bonds. The van der Waals surface area contributed by atoms with Gasteiger partial charge in [0, 0.05) is 22.7 Å². The second-order valence-corrected chi connectivity index (χ2v) is 9.32. The molecule has 0 aliphatic rings. The van der Waals surface area contributed by atoms with Crippen LogP contribution in [-0.4, -0.2) is 32.5 Å². The highest BCUT2D eigenvalue weighted by atomic mass is 32.2. The molecule has 0 fully saturated rings. The first-order valence-corrected chi connectivity index (χ1v) is 11.8. The molecular weight excluding hydrogens is 466 g/mol. The fraction of sp³-hybridized carbons (Fsp3) is 0.174. The smallest absolute Gasteiger partial charge is 0.387 e. The van der Waals surface area contributed by atoms with E-state index in [1.165, 1.54) is 40.9 Å². The molecule has 1 atom stereocenters. The summed E-state index contributed by atoms with van der Waals surface area (Å²) < 4.78 is 30.9. The van der Waals surface area contributed by atoms with E-state index >= 15 is 0 Å². The Morgan fingerprint density at radius 1 is 1.09 bits per heavy atom. The number of anilines is 1. The Labute approximate surface area is 197 Å². The average Bonchev–Trinajstić information content (AvgIpc) is 3.45. The number of para-hydroxylation sites is 1. The van der Waals surface area contributed by atoms with E-state index in [-0.39, 0.29) is 11.7 Å². The third-order valence-electron chi connectivity index (χ3n) is 4.63. The molecule has 170 valence electrons. The van der Waals surface area contributed by atoms with Crippen molar-refractivity contribution in [3.05, 3.63) is 82.8 Å². The number of hydrogen-bond donors (Lipinski definition) is 1. The summed E-state index contributed by atoms with van der Waals surface area (Å²) >= 11 is 2.95.